The highest BCUT2D eigenvalue weighted by molar-refractivity contribution is 7.91. The SMILES string of the molecule is CC1(C)[C@@H]2CC[C@@]1(C)/C(=N/NC(=O)C1CCN(S(=O)(=O)c3cccs3)CC1)C2. The summed E-state index contributed by atoms with van der Waals surface area (Å²) in [5.41, 5.74) is 4.24. The molecule has 0 spiro atoms. The van der Waals surface area contributed by atoms with Crippen molar-refractivity contribution >= 4 is 33.0 Å². The van der Waals surface area contributed by atoms with Crippen LogP contribution in [0.4, 0.5) is 0 Å². The number of nitrogens with one attached hydrogen (secondary N) is 1. The fourth-order valence-corrected chi connectivity index (χ4v) is 7.82. The quantitative estimate of drug-likeness (QED) is 0.753. The van der Waals surface area contributed by atoms with Crippen LogP contribution in [0.1, 0.15) is 52.9 Å². The zero-order chi connectivity index (χ0) is 20.2. The summed E-state index contributed by atoms with van der Waals surface area (Å²) in [7, 11) is -3.43. The summed E-state index contributed by atoms with van der Waals surface area (Å²) in [6.45, 7) is 7.67. The van der Waals surface area contributed by atoms with Crippen molar-refractivity contribution in [1.29, 1.82) is 0 Å². The molecule has 0 unspecified atom stereocenters. The monoisotopic (exact) mass is 423 g/mol. The van der Waals surface area contributed by atoms with Crippen molar-refractivity contribution in [3.63, 3.8) is 0 Å². The van der Waals surface area contributed by atoms with Gasteiger partial charge in [-0.1, -0.05) is 26.8 Å². The number of piperidine rings is 1. The highest BCUT2D eigenvalue weighted by atomic mass is 32.2. The molecule has 2 heterocycles. The first-order chi connectivity index (χ1) is 13.2. The van der Waals surface area contributed by atoms with Gasteiger partial charge >= 0.3 is 0 Å². The molecular formula is C20H29N3O3S2. The Morgan fingerprint density at radius 3 is 2.50 bits per heavy atom. The summed E-state index contributed by atoms with van der Waals surface area (Å²) >= 11 is 1.23. The van der Waals surface area contributed by atoms with Crippen molar-refractivity contribution in [3.8, 4) is 0 Å². The lowest BCUT2D eigenvalue weighted by Gasteiger charge is -2.34. The van der Waals surface area contributed by atoms with E-state index in [4.69, 9.17) is 0 Å². The highest BCUT2D eigenvalue weighted by Gasteiger charge is 2.60. The predicted molar refractivity (Wildman–Crippen MR) is 111 cm³/mol. The van der Waals surface area contributed by atoms with Gasteiger partial charge in [0.1, 0.15) is 4.21 Å². The van der Waals surface area contributed by atoms with Crippen molar-refractivity contribution in [2.24, 2.45) is 27.8 Å². The number of sulfonamides is 1. The third-order valence-corrected chi connectivity index (χ3v) is 11.0. The molecule has 2 bridgehead atoms. The average molecular weight is 424 g/mol. The molecule has 4 rings (SSSR count). The smallest absolute Gasteiger partial charge is 0.252 e. The molecule has 1 N–H and O–H groups in total. The van der Waals surface area contributed by atoms with Crippen molar-refractivity contribution in [1.82, 2.24) is 9.73 Å². The van der Waals surface area contributed by atoms with Crippen LogP contribution >= 0.6 is 11.3 Å². The maximum absolute atomic E-state index is 12.6. The van der Waals surface area contributed by atoms with E-state index in [-0.39, 0.29) is 22.7 Å². The molecule has 0 radical (unpaired) electrons. The zero-order valence-electron chi connectivity index (χ0n) is 16.8. The maximum atomic E-state index is 12.6. The zero-order valence-corrected chi connectivity index (χ0v) is 18.4. The van der Waals surface area contributed by atoms with Crippen LogP contribution in [0.3, 0.4) is 0 Å². The molecule has 6 nitrogen and oxygen atoms in total. The third kappa shape index (κ3) is 3.04. The van der Waals surface area contributed by atoms with Gasteiger partial charge in [0.15, 0.2) is 0 Å². The molecule has 1 saturated heterocycles. The number of hydrazone groups is 1. The van der Waals surface area contributed by atoms with E-state index in [2.05, 4.69) is 31.3 Å². The molecule has 2 saturated carbocycles. The summed E-state index contributed by atoms with van der Waals surface area (Å²) < 4.78 is 27.1. The second kappa shape index (κ2) is 6.92. The second-order valence-electron chi connectivity index (χ2n) is 9.14. The van der Waals surface area contributed by atoms with Gasteiger partial charge in [0, 0.05) is 30.1 Å². The van der Waals surface area contributed by atoms with E-state index < -0.39 is 10.0 Å². The number of nitrogens with zero attached hydrogens (tertiary/aromatic N) is 2. The molecule has 2 atom stereocenters. The molecule has 0 aromatic carbocycles. The molecule has 1 amide bonds. The van der Waals surface area contributed by atoms with E-state index in [0.717, 1.165) is 18.6 Å². The molecule has 1 aromatic heterocycles. The molecule has 1 aliphatic heterocycles. The van der Waals surface area contributed by atoms with Gasteiger partial charge < -0.3 is 0 Å². The minimum atomic E-state index is -3.43. The molecule has 2 aliphatic carbocycles. The topological polar surface area (TPSA) is 78.8 Å². The first kappa shape index (κ1) is 20.0. The summed E-state index contributed by atoms with van der Waals surface area (Å²) in [6, 6.07) is 3.38. The Labute approximate surface area is 171 Å². The number of amides is 1. The highest BCUT2D eigenvalue weighted by Crippen LogP contribution is 2.63. The van der Waals surface area contributed by atoms with Crippen LogP contribution in [0, 0.1) is 22.7 Å². The lowest BCUT2D eigenvalue weighted by molar-refractivity contribution is -0.126. The van der Waals surface area contributed by atoms with E-state index in [1.54, 1.807) is 17.5 Å². The molecule has 1 aromatic rings. The van der Waals surface area contributed by atoms with Crippen molar-refractivity contribution < 1.29 is 13.2 Å². The van der Waals surface area contributed by atoms with Crippen LogP contribution in [-0.4, -0.2) is 37.4 Å². The Kier molecular flexibility index (Phi) is 4.95. The van der Waals surface area contributed by atoms with Crippen LogP contribution in [-0.2, 0) is 14.8 Å². The predicted octanol–water partition coefficient (Wildman–Crippen LogP) is 3.47. The third-order valence-electron chi connectivity index (χ3n) is 7.73. The van der Waals surface area contributed by atoms with Gasteiger partial charge in [-0.15, -0.1) is 11.3 Å². The summed E-state index contributed by atoms with van der Waals surface area (Å²) in [5, 5.41) is 6.31. The fourth-order valence-electron chi connectivity index (χ4n) is 5.21. The Balaban J connectivity index is 1.36. The van der Waals surface area contributed by atoms with Gasteiger partial charge in [0.25, 0.3) is 10.0 Å². The van der Waals surface area contributed by atoms with Crippen molar-refractivity contribution in [2.45, 2.75) is 57.1 Å². The number of carbonyl (C=O) groups is 1. The number of hydrogen-bond donors (Lipinski definition) is 1. The minimum absolute atomic E-state index is 0.0725. The largest absolute Gasteiger partial charge is 0.273 e. The van der Waals surface area contributed by atoms with Crippen molar-refractivity contribution in [2.75, 3.05) is 13.1 Å². The molecular weight excluding hydrogens is 394 g/mol. The van der Waals surface area contributed by atoms with Gasteiger partial charge in [0.05, 0.1) is 0 Å². The molecule has 28 heavy (non-hydrogen) atoms. The number of hydrogen-bond acceptors (Lipinski definition) is 5. The lowest BCUT2D eigenvalue weighted by Crippen LogP contribution is -2.42. The number of rotatable bonds is 4. The van der Waals surface area contributed by atoms with E-state index in [9.17, 15) is 13.2 Å². The first-order valence-corrected chi connectivity index (χ1v) is 12.4. The summed E-state index contributed by atoms with van der Waals surface area (Å²) in [6.07, 6.45) is 4.42. The standard InChI is InChI=1S/C20H29N3O3S2/c1-19(2)15-6-9-20(19,3)16(13-15)21-22-18(24)14-7-10-23(11-8-14)28(25,26)17-5-4-12-27-17/h4-5,12,14-15H,6-11,13H2,1-3H3,(H,22,24)/b21-16+/t15-,20+/m1/s1. The fraction of sp³-hybridized carbons (Fsp3) is 0.700. The normalized spacial score (nSPS) is 32.1. The van der Waals surface area contributed by atoms with Gasteiger partial charge in [-0.05, 0) is 54.9 Å². The lowest BCUT2D eigenvalue weighted by atomic mass is 9.70. The Morgan fingerprint density at radius 2 is 1.96 bits per heavy atom. The maximum Gasteiger partial charge on any atom is 0.252 e. The Morgan fingerprint density at radius 1 is 1.25 bits per heavy atom. The second-order valence-corrected chi connectivity index (χ2v) is 12.3. The molecule has 3 fully saturated rings. The van der Waals surface area contributed by atoms with Crippen LogP contribution in [0.2, 0.25) is 0 Å². The first-order valence-electron chi connectivity index (χ1n) is 10.1. The van der Waals surface area contributed by atoms with Crippen LogP contribution in [0.15, 0.2) is 26.8 Å². The van der Waals surface area contributed by atoms with Crippen LogP contribution in [0.25, 0.3) is 0 Å². The number of carbonyl (C=O) groups excluding carboxylic acids is 1. The Bertz CT molecular complexity index is 884. The van der Waals surface area contributed by atoms with E-state index >= 15 is 0 Å². The number of thiophene rings is 1. The summed E-state index contributed by atoms with van der Waals surface area (Å²) in [4.78, 5) is 12.6. The van der Waals surface area contributed by atoms with Gasteiger partial charge in [-0.25, -0.2) is 13.8 Å². The summed E-state index contributed by atoms with van der Waals surface area (Å²) in [5.74, 6) is 0.391. The van der Waals surface area contributed by atoms with Crippen LogP contribution < -0.4 is 5.43 Å². The molecule has 3 aliphatic rings. The molecule has 154 valence electrons. The van der Waals surface area contributed by atoms with Gasteiger partial charge in [0.2, 0.25) is 5.91 Å². The average Bonchev–Trinajstić information content (AvgIpc) is 3.33. The minimum Gasteiger partial charge on any atom is -0.273 e. The van der Waals surface area contributed by atoms with Crippen molar-refractivity contribution in [3.05, 3.63) is 17.5 Å². The van der Waals surface area contributed by atoms with Gasteiger partial charge in [-0.3, -0.25) is 4.79 Å². The van der Waals surface area contributed by atoms with E-state index in [0.29, 0.717) is 36.1 Å². The van der Waals surface area contributed by atoms with E-state index in [1.807, 2.05) is 0 Å². The van der Waals surface area contributed by atoms with Gasteiger partial charge in [-0.2, -0.15) is 9.41 Å². The molecule has 8 heteroatoms. The Hall–Kier alpha value is -1.25. The van der Waals surface area contributed by atoms with E-state index in [1.165, 1.54) is 22.1 Å². The van der Waals surface area contributed by atoms with Crippen LogP contribution in [0.5, 0.6) is 0 Å². The number of fused-ring (bicyclic) bond motifs is 2.